The molecule has 24 heavy (non-hydrogen) atoms. The van der Waals surface area contributed by atoms with Crippen molar-refractivity contribution in [2.75, 3.05) is 13.2 Å². The predicted molar refractivity (Wildman–Crippen MR) is 92.3 cm³/mol. The molecule has 5 nitrogen and oxygen atoms in total. The van der Waals surface area contributed by atoms with E-state index in [-0.39, 0.29) is 25.2 Å². The highest BCUT2D eigenvalue weighted by Gasteiger charge is 2.18. The van der Waals surface area contributed by atoms with E-state index < -0.39 is 0 Å². The van der Waals surface area contributed by atoms with Gasteiger partial charge in [0.05, 0.1) is 0 Å². The SMILES string of the molecule is CC(CCCO)NC(=O)COc1ccc2oc3c(c2c1)CCCC3. The van der Waals surface area contributed by atoms with Crippen molar-refractivity contribution in [2.45, 2.75) is 51.5 Å². The molecule has 1 aromatic heterocycles. The van der Waals surface area contributed by atoms with Crippen molar-refractivity contribution in [1.82, 2.24) is 5.32 Å². The number of aliphatic hydroxyl groups excluding tert-OH is 1. The number of carbonyl (C=O) groups is 1. The molecule has 1 aliphatic carbocycles. The number of aryl methyl sites for hydroxylation is 2. The standard InChI is InChI=1S/C19H25NO4/c1-13(5-4-10-21)20-19(22)12-23-14-8-9-18-16(11-14)15-6-2-3-7-17(15)24-18/h8-9,11,13,21H,2-7,10,12H2,1H3,(H,20,22). The Morgan fingerprint density at radius 3 is 3.04 bits per heavy atom. The fourth-order valence-corrected chi connectivity index (χ4v) is 3.27. The lowest BCUT2D eigenvalue weighted by atomic mass is 9.96. The van der Waals surface area contributed by atoms with Crippen molar-refractivity contribution in [1.29, 1.82) is 0 Å². The van der Waals surface area contributed by atoms with Gasteiger partial charge in [0.2, 0.25) is 0 Å². The molecule has 0 aliphatic heterocycles. The van der Waals surface area contributed by atoms with Crippen LogP contribution in [-0.4, -0.2) is 30.3 Å². The predicted octanol–water partition coefficient (Wildman–Crippen LogP) is 2.97. The Kier molecular flexibility index (Phi) is 5.41. The van der Waals surface area contributed by atoms with Crippen LogP contribution < -0.4 is 10.1 Å². The Balaban J connectivity index is 1.60. The van der Waals surface area contributed by atoms with Gasteiger partial charge in [-0.15, -0.1) is 0 Å². The maximum absolute atomic E-state index is 11.9. The highest BCUT2D eigenvalue weighted by molar-refractivity contribution is 5.84. The molecule has 2 N–H and O–H groups in total. The second-order valence-electron chi connectivity index (χ2n) is 6.49. The van der Waals surface area contributed by atoms with Crippen molar-refractivity contribution in [3.63, 3.8) is 0 Å². The van der Waals surface area contributed by atoms with Crippen LogP contribution in [0.5, 0.6) is 5.75 Å². The number of rotatable bonds is 7. The second-order valence-corrected chi connectivity index (χ2v) is 6.49. The van der Waals surface area contributed by atoms with Crippen molar-refractivity contribution in [3.05, 3.63) is 29.5 Å². The fourth-order valence-electron chi connectivity index (χ4n) is 3.27. The lowest BCUT2D eigenvalue weighted by molar-refractivity contribution is -0.123. The van der Waals surface area contributed by atoms with Gasteiger partial charge in [-0.3, -0.25) is 4.79 Å². The maximum atomic E-state index is 11.9. The summed E-state index contributed by atoms with van der Waals surface area (Å²) in [6, 6.07) is 5.78. The van der Waals surface area contributed by atoms with Crippen molar-refractivity contribution in [3.8, 4) is 5.75 Å². The molecule has 1 aromatic carbocycles. The highest BCUT2D eigenvalue weighted by atomic mass is 16.5. The molecule has 0 bridgehead atoms. The minimum absolute atomic E-state index is 0.00495. The summed E-state index contributed by atoms with van der Waals surface area (Å²) in [6.07, 6.45) is 5.88. The summed E-state index contributed by atoms with van der Waals surface area (Å²) >= 11 is 0. The van der Waals surface area contributed by atoms with Gasteiger partial charge in [-0.2, -0.15) is 0 Å². The number of fused-ring (bicyclic) bond motifs is 3. The van der Waals surface area contributed by atoms with E-state index in [2.05, 4.69) is 5.32 Å². The van der Waals surface area contributed by atoms with E-state index >= 15 is 0 Å². The van der Waals surface area contributed by atoms with Crippen molar-refractivity contribution in [2.24, 2.45) is 0 Å². The molecule has 0 saturated heterocycles. The second kappa shape index (κ2) is 7.71. The van der Waals surface area contributed by atoms with E-state index in [1.54, 1.807) is 0 Å². The summed E-state index contributed by atoms with van der Waals surface area (Å²) in [6.45, 7) is 2.07. The van der Waals surface area contributed by atoms with Gasteiger partial charge in [0, 0.05) is 30.0 Å². The molecule has 0 fully saturated rings. The largest absolute Gasteiger partial charge is 0.484 e. The molecule has 1 aliphatic rings. The van der Waals surface area contributed by atoms with Crippen LogP contribution in [0.4, 0.5) is 0 Å². The van der Waals surface area contributed by atoms with E-state index in [4.69, 9.17) is 14.3 Å². The van der Waals surface area contributed by atoms with Crippen LogP contribution >= 0.6 is 0 Å². The molecular weight excluding hydrogens is 306 g/mol. The Morgan fingerprint density at radius 1 is 1.38 bits per heavy atom. The van der Waals surface area contributed by atoms with Crippen LogP contribution in [0.1, 0.15) is 43.9 Å². The van der Waals surface area contributed by atoms with Gasteiger partial charge in [0.15, 0.2) is 6.61 Å². The molecule has 130 valence electrons. The topological polar surface area (TPSA) is 71.7 Å². The third kappa shape index (κ3) is 3.90. The summed E-state index contributed by atoms with van der Waals surface area (Å²) in [7, 11) is 0. The van der Waals surface area contributed by atoms with E-state index in [1.165, 1.54) is 18.4 Å². The van der Waals surface area contributed by atoms with Crippen LogP contribution in [-0.2, 0) is 17.6 Å². The number of benzene rings is 1. The smallest absolute Gasteiger partial charge is 0.258 e. The van der Waals surface area contributed by atoms with Crippen molar-refractivity contribution < 1.29 is 19.1 Å². The third-order valence-corrected chi connectivity index (χ3v) is 4.50. The molecule has 1 atom stereocenters. The zero-order chi connectivity index (χ0) is 16.9. The lowest BCUT2D eigenvalue weighted by Crippen LogP contribution is -2.36. The molecule has 2 aromatic rings. The van der Waals surface area contributed by atoms with Crippen LogP contribution in [0.2, 0.25) is 0 Å². The summed E-state index contributed by atoms with van der Waals surface area (Å²) in [5.41, 5.74) is 2.19. The lowest BCUT2D eigenvalue weighted by Gasteiger charge is -2.13. The summed E-state index contributed by atoms with van der Waals surface area (Å²) in [5.74, 6) is 1.65. The third-order valence-electron chi connectivity index (χ3n) is 4.50. The Morgan fingerprint density at radius 2 is 2.21 bits per heavy atom. The summed E-state index contributed by atoms with van der Waals surface area (Å²) < 4.78 is 11.5. The number of carbonyl (C=O) groups excluding carboxylic acids is 1. The van der Waals surface area contributed by atoms with E-state index in [9.17, 15) is 4.79 Å². The monoisotopic (exact) mass is 331 g/mol. The average Bonchev–Trinajstić information content (AvgIpc) is 2.96. The van der Waals surface area contributed by atoms with Crippen LogP contribution in [0.25, 0.3) is 11.0 Å². The minimum Gasteiger partial charge on any atom is -0.484 e. The summed E-state index contributed by atoms with van der Waals surface area (Å²) in [4.78, 5) is 11.9. The zero-order valence-corrected chi connectivity index (χ0v) is 14.1. The van der Waals surface area contributed by atoms with Gasteiger partial charge in [-0.1, -0.05) is 0 Å². The number of aliphatic hydroxyl groups is 1. The molecular formula is C19H25NO4. The normalized spacial score (nSPS) is 15.1. The first kappa shape index (κ1) is 16.8. The van der Waals surface area contributed by atoms with Gasteiger partial charge in [-0.05, 0) is 57.2 Å². The van der Waals surface area contributed by atoms with E-state index in [0.29, 0.717) is 12.2 Å². The number of ether oxygens (including phenoxy) is 1. The van der Waals surface area contributed by atoms with E-state index in [0.717, 1.165) is 36.0 Å². The summed E-state index contributed by atoms with van der Waals surface area (Å²) in [5, 5.41) is 12.8. The van der Waals surface area contributed by atoms with Crippen LogP contribution in [0.15, 0.2) is 22.6 Å². The van der Waals surface area contributed by atoms with Gasteiger partial charge < -0.3 is 19.6 Å². The highest BCUT2D eigenvalue weighted by Crippen LogP contribution is 2.33. The van der Waals surface area contributed by atoms with Gasteiger partial charge in [0.1, 0.15) is 17.1 Å². The number of amides is 1. The molecule has 0 saturated carbocycles. The van der Waals surface area contributed by atoms with Crippen molar-refractivity contribution >= 4 is 16.9 Å². The Bertz CT molecular complexity index is 707. The fraction of sp³-hybridized carbons (Fsp3) is 0.526. The molecule has 0 radical (unpaired) electrons. The number of nitrogens with one attached hydrogen (secondary N) is 1. The first-order valence-corrected chi connectivity index (χ1v) is 8.74. The average molecular weight is 331 g/mol. The number of hydrogen-bond donors (Lipinski definition) is 2. The molecule has 1 unspecified atom stereocenters. The van der Waals surface area contributed by atoms with Crippen LogP contribution in [0.3, 0.4) is 0 Å². The Hall–Kier alpha value is -2.01. The zero-order valence-electron chi connectivity index (χ0n) is 14.1. The van der Waals surface area contributed by atoms with Gasteiger partial charge in [-0.25, -0.2) is 0 Å². The molecule has 0 spiro atoms. The molecule has 5 heteroatoms. The van der Waals surface area contributed by atoms with Gasteiger partial charge >= 0.3 is 0 Å². The first-order chi connectivity index (χ1) is 11.7. The van der Waals surface area contributed by atoms with Gasteiger partial charge in [0.25, 0.3) is 5.91 Å². The first-order valence-electron chi connectivity index (χ1n) is 8.74. The number of furan rings is 1. The van der Waals surface area contributed by atoms with Crippen LogP contribution in [0, 0.1) is 0 Å². The Labute approximate surface area is 142 Å². The molecule has 1 heterocycles. The number of hydrogen-bond acceptors (Lipinski definition) is 4. The molecule has 1 amide bonds. The van der Waals surface area contributed by atoms with E-state index in [1.807, 2.05) is 25.1 Å². The molecule has 3 rings (SSSR count). The maximum Gasteiger partial charge on any atom is 0.258 e. The minimum atomic E-state index is -0.144. The quantitative estimate of drug-likeness (QED) is 0.818.